The molecule has 2 aromatic carbocycles. The first-order valence-electron chi connectivity index (χ1n) is 9.75. The lowest BCUT2D eigenvalue weighted by molar-refractivity contribution is -0.118. The van der Waals surface area contributed by atoms with Crippen LogP contribution in [0.15, 0.2) is 48.5 Å². The molecule has 1 aliphatic heterocycles. The van der Waals surface area contributed by atoms with Gasteiger partial charge in [0, 0.05) is 12.2 Å². The average molecular weight is 367 g/mol. The Balaban J connectivity index is 1.46. The third-order valence-corrected chi connectivity index (χ3v) is 4.93. The first kappa shape index (κ1) is 19.4. The van der Waals surface area contributed by atoms with Crippen LogP contribution < -0.4 is 10.1 Å². The Hall–Kier alpha value is -2.33. The minimum Gasteiger partial charge on any atom is -0.484 e. The number of ether oxygens (including phenoxy) is 1. The minimum atomic E-state index is -0.151. The number of nitrogens with one attached hydrogen (secondary N) is 1. The largest absolute Gasteiger partial charge is 0.484 e. The van der Waals surface area contributed by atoms with Gasteiger partial charge in [0.2, 0.25) is 0 Å². The highest BCUT2D eigenvalue weighted by Crippen LogP contribution is 2.24. The summed E-state index contributed by atoms with van der Waals surface area (Å²) in [4.78, 5) is 14.6. The van der Waals surface area contributed by atoms with Crippen molar-refractivity contribution in [1.29, 1.82) is 0 Å². The molecule has 27 heavy (non-hydrogen) atoms. The van der Waals surface area contributed by atoms with Crippen LogP contribution in [0.1, 0.15) is 44.7 Å². The van der Waals surface area contributed by atoms with E-state index in [2.05, 4.69) is 43.1 Å². The second kappa shape index (κ2) is 8.57. The molecule has 2 aromatic rings. The number of carbonyl (C=O) groups excluding carboxylic acids is 1. The predicted molar refractivity (Wildman–Crippen MR) is 110 cm³/mol. The van der Waals surface area contributed by atoms with E-state index in [0.29, 0.717) is 5.75 Å². The quantitative estimate of drug-likeness (QED) is 0.812. The predicted octanol–water partition coefficient (Wildman–Crippen LogP) is 4.60. The van der Waals surface area contributed by atoms with Gasteiger partial charge in [0.1, 0.15) is 5.75 Å². The smallest absolute Gasteiger partial charge is 0.262 e. The summed E-state index contributed by atoms with van der Waals surface area (Å²) in [6.07, 6.45) is 2.60. The van der Waals surface area contributed by atoms with Crippen LogP contribution in [0.3, 0.4) is 0 Å². The van der Waals surface area contributed by atoms with Crippen molar-refractivity contribution in [3.05, 3.63) is 59.7 Å². The Morgan fingerprint density at radius 3 is 2.22 bits per heavy atom. The molecule has 1 N–H and O–H groups in total. The fraction of sp³-hybridized carbons (Fsp3) is 0.435. The summed E-state index contributed by atoms with van der Waals surface area (Å²) in [6.45, 7) is 9.89. The normalized spacial score (nSPS) is 14.9. The van der Waals surface area contributed by atoms with Crippen molar-refractivity contribution in [1.82, 2.24) is 4.90 Å². The van der Waals surface area contributed by atoms with Gasteiger partial charge in [-0.15, -0.1) is 0 Å². The fourth-order valence-corrected chi connectivity index (χ4v) is 3.29. The van der Waals surface area contributed by atoms with Crippen molar-refractivity contribution in [2.24, 2.45) is 0 Å². The summed E-state index contributed by atoms with van der Waals surface area (Å²) in [5, 5.41) is 2.89. The number of rotatable bonds is 6. The fourth-order valence-electron chi connectivity index (χ4n) is 3.29. The van der Waals surface area contributed by atoms with Crippen LogP contribution in [0.5, 0.6) is 5.75 Å². The molecule has 0 aliphatic carbocycles. The molecular weight excluding hydrogens is 336 g/mol. The van der Waals surface area contributed by atoms with Crippen molar-refractivity contribution in [2.75, 3.05) is 25.0 Å². The summed E-state index contributed by atoms with van der Waals surface area (Å²) in [5.74, 6) is 0.557. The highest BCUT2D eigenvalue weighted by atomic mass is 16.5. The minimum absolute atomic E-state index is 0.00436. The summed E-state index contributed by atoms with van der Waals surface area (Å²) in [6, 6.07) is 16.0. The van der Waals surface area contributed by atoms with E-state index in [4.69, 9.17) is 4.74 Å². The summed E-state index contributed by atoms with van der Waals surface area (Å²) in [5.41, 5.74) is 3.44. The standard InChI is InChI=1S/C23H30N2O2/c1-23(2,3)19-8-12-21(13-9-19)27-17-22(26)24-20-10-6-18(7-11-20)16-25-14-4-5-15-25/h6-13H,4-5,14-17H2,1-3H3,(H,24,26). The number of hydrogen-bond acceptors (Lipinski definition) is 3. The Kier molecular flexibility index (Phi) is 6.17. The van der Waals surface area contributed by atoms with Gasteiger partial charge in [-0.1, -0.05) is 45.0 Å². The van der Waals surface area contributed by atoms with Crippen LogP contribution >= 0.6 is 0 Å². The molecule has 0 radical (unpaired) electrons. The molecule has 4 nitrogen and oxygen atoms in total. The van der Waals surface area contributed by atoms with Gasteiger partial charge < -0.3 is 10.1 Å². The molecule has 0 bridgehead atoms. The van der Waals surface area contributed by atoms with Crippen molar-refractivity contribution >= 4 is 11.6 Å². The molecule has 1 aliphatic rings. The zero-order valence-electron chi connectivity index (χ0n) is 16.6. The molecule has 0 spiro atoms. The van der Waals surface area contributed by atoms with Gasteiger partial charge in [-0.05, 0) is 66.7 Å². The van der Waals surface area contributed by atoms with E-state index in [1.165, 1.54) is 37.1 Å². The van der Waals surface area contributed by atoms with Crippen LogP contribution in [0.4, 0.5) is 5.69 Å². The number of anilines is 1. The maximum absolute atomic E-state index is 12.1. The molecule has 0 saturated carbocycles. The number of amides is 1. The lowest BCUT2D eigenvalue weighted by atomic mass is 9.87. The Morgan fingerprint density at radius 1 is 1.00 bits per heavy atom. The summed E-state index contributed by atoms with van der Waals surface area (Å²) < 4.78 is 5.60. The van der Waals surface area contributed by atoms with Gasteiger partial charge in [0.25, 0.3) is 5.91 Å². The summed E-state index contributed by atoms with van der Waals surface area (Å²) >= 11 is 0. The van der Waals surface area contributed by atoms with Crippen molar-refractivity contribution in [3.63, 3.8) is 0 Å². The molecule has 0 aromatic heterocycles. The average Bonchev–Trinajstić information content (AvgIpc) is 3.14. The molecular formula is C23H30N2O2. The number of benzene rings is 2. The highest BCUT2D eigenvalue weighted by molar-refractivity contribution is 5.91. The zero-order chi connectivity index (χ0) is 19.3. The van der Waals surface area contributed by atoms with Crippen LogP contribution in [0.2, 0.25) is 0 Å². The van der Waals surface area contributed by atoms with E-state index in [9.17, 15) is 4.79 Å². The molecule has 4 heteroatoms. The number of likely N-dealkylation sites (tertiary alicyclic amines) is 1. The monoisotopic (exact) mass is 366 g/mol. The molecule has 144 valence electrons. The zero-order valence-corrected chi connectivity index (χ0v) is 16.6. The third kappa shape index (κ3) is 5.83. The molecule has 3 rings (SSSR count). The van der Waals surface area contributed by atoms with Crippen molar-refractivity contribution in [2.45, 2.75) is 45.6 Å². The summed E-state index contributed by atoms with van der Waals surface area (Å²) in [7, 11) is 0. The van der Waals surface area contributed by atoms with Gasteiger partial charge in [0.15, 0.2) is 6.61 Å². The van der Waals surface area contributed by atoms with E-state index in [-0.39, 0.29) is 17.9 Å². The maximum Gasteiger partial charge on any atom is 0.262 e. The van der Waals surface area contributed by atoms with Crippen LogP contribution in [0.25, 0.3) is 0 Å². The first-order valence-corrected chi connectivity index (χ1v) is 9.75. The van der Waals surface area contributed by atoms with E-state index in [0.717, 1.165) is 12.2 Å². The van der Waals surface area contributed by atoms with E-state index >= 15 is 0 Å². The highest BCUT2D eigenvalue weighted by Gasteiger charge is 2.14. The molecule has 0 unspecified atom stereocenters. The Labute approximate surface area is 162 Å². The number of carbonyl (C=O) groups is 1. The van der Waals surface area contributed by atoms with Crippen LogP contribution in [0, 0.1) is 0 Å². The first-order chi connectivity index (χ1) is 12.9. The molecule has 1 fully saturated rings. The Bertz CT molecular complexity index is 739. The van der Waals surface area contributed by atoms with Gasteiger partial charge in [0.05, 0.1) is 0 Å². The van der Waals surface area contributed by atoms with E-state index in [1.54, 1.807) is 0 Å². The van der Waals surface area contributed by atoms with Gasteiger partial charge in [-0.25, -0.2) is 0 Å². The van der Waals surface area contributed by atoms with Gasteiger partial charge >= 0.3 is 0 Å². The van der Waals surface area contributed by atoms with Crippen molar-refractivity contribution in [3.8, 4) is 5.75 Å². The number of hydrogen-bond donors (Lipinski definition) is 1. The second-order valence-corrected chi connectivity index (χ2v) is 8.29. The SMILES string of the molecule is CC(C)(C)c1ccc(OCC(=O)Nc2ccc(CN3CCCC3)cc2)cc1. The molecule has 1 saturated heterocycles. The van der Waals surface area contributed by atoms with Gasteiger partial charge in [-0.2, -0.15) is 0 Å². The lowest BCUT2D eigenvalue weighted by Crippen LogP contribution is -2.20. The van der Waals surface area contributed by atoms with E-state index in [1.807, 2.05) is 36.4 Å². The molecule has 1 heterocycles. The van der Waals surface area contributed by atoms with Gasteiger partial charge in [-0.3, -0.25) is 9.69 Å². The van der Waals surface area contributed by atoms with Crippen LogP contribution in [-0.4, -0.2) is 30.5 Å². The second-order valence-electron chi connectivity index (χ2n) is 8.29. The topological polar surface area (TPSA) is 41.6 Å². The molecule has 0 atom stereocenters. The van der Waals surface area contributed by atoms with E-state index < -0.39 is 0 Å². The lowest BCUT2D eigenvalue weighted by Gasteiger charge is -2.19. The maximum atomic E-state index is 12.1. The Morgan fingerprint density at radius 2 is 1.63 bits per heavy atom. The molecule has 1 amide bonds. The van der Waals surface area contributed by atoms with Crippen molar-refractivity contribution < 1.29 is 9.53 Å². The third-order valence-electron chi connectivity index (χ3n) is 4.93. The number of nitrogens with zero attached hydrogens (tertiary/aromatic N) is 1. The van der Waals surface area contributed by atoms with Crippen LogP contribution in [-0.2, 0) is 16.8 Å².